The molecule has 4 nitrogen and oxygen atoms in total. The van der Waals surface area contributed by atoms with Gasteiger partial charge in [-0.25, -0.2) is 0 Å². The highest BCUT2D eigenvalue weighted by Gasteiger charge is 2.21. The molecule has 2 fully saturated rings. The quantitative estimate of drug-likeness (QED) is 0.854. The molecule has 2 aliphatic heterocycles. The van der Waals surface area contributed by atoms with E-state index in [0.29, 0.717) is 6.10 Å². The predicted octanol–water partition coefficient (Wildman–Crippen LogP) is 2.52. The monoisotopic (exact) mass is 339 g/mol. The van der Waals surface area contributed by atoms with Gasteiger partial charge in [0.15, 0.2) is 5.11 Å². The molecule has 1 N–H and O–H groups in total. The number of piperazine rings is 1. The number of hydrogen-bond acceptors (Lipinski definition) is 3. The molecule has 2 heterocycles. The third-order valence-electron chi connectivity index (χ3n) is 4.26. The van der Waals surface area contributed by atoms with Crippen molar-refractivity contribution in [2.75, 3.05) is 44.2 Å². The molecular weight excluding hydrogens is 318 g/mol. The Bertz CT molecular complexity index is 514. The molecule has 6 heteroatoms. The molecular formula is C16H22ClN3OS. The SMILES string of the molecule is S=C(NC[C@H]1CCCO1)N1CCN(c2ccccc2Cl)CC1. The van der Waals surface area contributed by atoms with Gasteiger partial charge in [0, 0.05) is 39.3 Å². The van der Waals surface area contributed by atoms with Crippen molar-refractivity contribution in [3.05, 3.63) is 29.3 Å². The van der Waals surface area contributed by atoms with Crippen molar-refractivity contribution in [2.24, 2.45) is 0 Å². The fourth-order valence-electron chi connectivity index (χ4n) is 2.98. The van der Waals surface area contributed by atoms with Crippen LogP contribution in [0.25, 0.3) is 0 Å². The summed E-state index contributed by atoms with van der Waals surface area (Å²) in [6.07, 6.45) is 2.62. The van der Waals surface area contributed by atoms with Crippen LogP contribution < -0.4 is 10.2 Å². The number of ether oxygens (including phenoxy) is 1. The van der Waals surface area contributed by atoms with Crippen LogP contribution in [-0.4, -0.2) is 55.4 Å². The van der Waals surface area contributed by atoms with Gasteiger partial charge in [0.2, 0.25) is 0 Å². The Hall–Kier alpha value is -1.04. The van der Waals surface area contributed by atoms with Crippen LogP contribution in [0.15, 0.2) is 24.3 Å². The molecule has 0 spiro atoms. The summed E-state index contributed by atoms with van der Waals surface area (Å²) in [4.78, 5) is 4.55. The smallest absolute Gasteiger partial charge is 0.169 e. The van der Waals surface area contributed by atoms with E-state index in [2.05, 4.69) is 21.2 Å². The van der Waals surface area contributed by atoms with Crippen molar-refractivity contribution in [1.82, 2.24) is 10.2 Å². The standard InChI is InChI=1S/C16H22ClN3OS/c17-14-5-1-2-6-15(14)19-7-9-20(10-8-19)16(22)18-12-13-4-3-11-21-13/h1-2,5-6,13H,3-4,7-12H2,(H,18,22)/t13-/m1/s1. The van der Waals surface area contributed by atoms with E-state index < -0.39 is 0 Å². The molecule has 1 aromatic rings. The molecule has 0 unspecified atom stereocenters. The maximum atomic E-state index is 6.27. The van der Waals surface area contributed by atoms with Gasteiger partial charge >= 0.3 is 0 Å². The highest BCUT2D eigenvalue weighted by Crippen LogP contribution is 2.26. The Kier molecular flexibility index (Phi) is 5.39. The van der Waals surface area contributed by atoms with E-state index in [-0.39, 0.29) is 0 Å². The zero-order chi connectivity index (χ0) is 15.4. The molecule has 3 rings (SSSR count). The Labute approximate surface area is 142 Å². The van der Waals surface area contributed by atoms with Crippen LogP contribution >= 0.6 is 23.8 Å². The van der Waals surface area contributed by atoms with E-state index in [4.69, 9.17) is 28.6 Å². The summed E-state index contributed by atoms with van der Waals surface area (Å²) in [5.74, 6) is 0. The van der Waals surface area contributed by atoms with Gasteiger partial charge in [-0.1, -0.05) is 23.7 Å². The van der Waals surface area contributed by atoms with E-state index in [9.17, 15) is 0 Å². The molecule has 2 saturated heterocycles. The first-order chi connectivity index (χ1) is 10.7. The Morgan fingerprint density at radius 1 is 1.27 bits per heavy atom. The number of anilines is 1. The van der Waals surface area contributed by atoms with Gasteiger partial charge in [-0.3, -0.25) is 0 Å². The fourth-order valence-corrected chi connectivity index (χ4v) is 3.50. The van der Waals surface area contributed by atoms with Crippen LogP contribution in [0.3, 0.4) is 0 Å². The van der Waals surface area contributed by atoms with Crippen molar-refractivity contribution in [1.29, 1.82) is 0 Å². The van der Waals surface area contributed by atoms with Crippen molar-refractivity contribution in [3.63, 3.8) is 0 Å². The first-order valence-corrected chi connectivity index (χ1v) is 8.66. The van der Waals surface area contributed by atoms with Crippen molar-refractivity contribution in [3.8, 4) is 0 Å². The highest BCUT2D eigenvalue weighted by atomic mass is 35.5. The molecule has 120 valence electrons. The Balaban J connectivity index is 1.46. The second-order valence-corrected chi connectivity index (χ2v) is 6.54. The Morgan fingerprint density at radius 3 is 2.73 bits per heavy atom. The lowest BCUT2D eigenvalue weighted by atomic mass is 10.2. The van der Waals surface area contributed by atoms with Crippen LogP contribution in [0, 0.1) is 0 Å². The summed E-state index contributed by atoms with van der Waals surface area (Å²) in [7, 11) is 0. The van der Waals surface area contributed by atoms with Crippen molar-refractivity contribution < 1.29 is 4.74 Å². The minimum absolute atomic E-state index is 0.322. The molecule has 2 aliphatic rings. The lowest BCUT2D eigenvalue weighted by Crippen LogP contribution is -2.52. The lowest BCUT2D eigenvalue weighted by molar-refractivity contribution is 0.113. The molecule has 0 bridgehead atoms. The molecule has 1 aromatic carbocycles. The second kappa shape index (κ2) is 7.49. The number of thiocarbonyl (C=S) groups is 1. The third-order valence-corrected chi connectivity index (χ3v) is 4.99. The number of hydrogen-bond donors (Lipinski definition) is 1. The maximum Gasteiger partial charge on any atom is 0.169 e. The van der Waals surface area contributed by atoms with E-state index in [1.807, 2.05) is 18.2 Å². The van der Waals surface area contributed by atoms with E-state index in [1.165, 1.54) is 0 Å². The van der Waals surface area contributed by atoms with E-state index >= 15 is 0 Å². The zero-order valence-corrected chi connectivity index (χ0v) is 14.2. The number of nitrogens with one attached hydrogen (secondary N) is 1. The minimum Gasteiger partial charge on any atom is -0.376 e. The lowest BCUT2D eigenvalue weighted by Gasteiger charge is -2.37. The topological polar surface area (TPSA) is 27.7 Å². The van der Waals surface area contributed by atoms with Crippen molar-refractivity contribution in [2.45, 2.75) is 18.9 Å². The summed E-state index contributed by atoms with van der Waals surface area (Å²) in [5, 5.41) is 5.00. The molecule has 0 aliphatic carbocycles. The first-order valence-electron chi connectivity index (χ1n) is 7.88. The van der Waals surface area contributed by atoms with Crippen LogP contribution in [-0.2, 0) is 4.74 Å². The van der Waals surface area contributed by atoms with Gasteiger partial charge in [-0.05, 0) is 37.2 Å². The summed E-state index contributed by atoms with van der Waals surface area (Å²) >= 11 is 11.8. The normalized spacial score (nSPS) is 22.0. The maximum absolute atomic E-state index is 6.27. The fraction of sp³-hybridized carbons (Fsp3) is 0.562. The Morgan fingerprint density at radius 2 is 2.05 bits per heavy atom. The molecule has 22 heavy (non-hydrogen) atoms. The number of benzene rings is 1. The summed E-state index contributed by atoms with van der Waals surface area (Å²) in [5.41, 5.74) is 1.11. The number of halogens is 1. The summed E-state index contributed by atoms with van der Waals surface area (Å²) < 4.78 is 5.62. The average molecular weight is 340 g/mol. The first kappa shape index (κ1) is 15.8. The number of nitrogens with zero attached hydrogens (tertiary/aromatic N) is 2. The van der Waals surface area contributed by atoms with E-state index in [1.54, 1.807) is 0 Å². The van der Waals surface area contributed by atoms with Crippen molar-refractivity contribution >= 4 is 34.6 Å². The largest absolute Gasteiger partial charge is 0.376 e. The van der Waals surface area contributed by atoms with Gasteiger partial charge in [0.25, 0.3) is 0 Å². The minimum atomic E-state index is 0.322. The van der Waals surface area contributed by atoms with Crippen LogP contribution in [0.4, 0.5) is 5.69 Å². The van der Waals surface area contributed by atoms with E-state index in [0.717, 1.165) is 68.0 Å². The average Bonchev–Trinajstić information content (AvgIpc) is 3.07. The van der Waals surface area contributed by atoms with Gasteiger partial charge in [0.1, 0.15) is 0 Å². The summed E-state index contributed by atoms with van der Waals surface area (Å²) in [6, 6.07) is 8.01. The van der Waals surface area contributed by atoms with Gasteiger partial charge in [-0.2, -0.15) is 0 Å². The second-order valence-electron chi connectivity index (χ2n) is 5.75. The van der Waals surface area contributed by atoms with Crippen LogP contribution in [0.2, 0.25) is 5.02 Å². The zero-order valence-electron chi connectivity index (χ0n) is 12.6. The number of rotatable bonds is 3. The van der Waals surface area contributed by atoms with Gasteiger partial charge < -0.3 is 19.9 Å². The molecule has 1 atom stereocenters. The summed E-state index contributed by atoms with van der Waals surface area (Å²) in [6.45, 7) is 5.42. The predicted molar refractivity (Wildman–Crippen MR) is 94.8 cm³/mol. The third kappa shape index (κ3) is 3.83. The molecule has 0 radical (unpaired) electrons. The van der Waals surface area contributed by atoms with Gasteiger partial charge in [-0.15, -0.1) is 0 Å². The number of para-hydroxylation sites is 1. The van der Waals surface area contributed by atoms with Gasteiger partial charge in [0.05, 0.1) is 16.8 Å². The highest BCUT2D eigenvalue weighted by molar-refractivity contribution is 7.80. The molecule has 0 saturated carbocycles. The van der Waals surface area contributed by atoms with Crippen LogP contribution in [0.1, 0.15) is 12.8 Å². The molecule has 0 amide bonds. The van der Waals surface area contributed by atoms with Crippen LogP contribution in [0.5, 0.6) is 0 Å². The molecule has 0 aromatic heterocycles.